The summed E-state index contributed by atoms with van der Waals surface area (Å²) < 4.78 is 8.49. The second-order valence-electron chi connectivity index (χ2n) is 5.10. The molecule has 1 atom stereocenters. The van der Waals surface area contributed by atoms with Gasteiger partial charge in [0.2, 0.25) is 0 Å². The Morgan fingerprint density at radius 3 is 2.80 bits per heavy atom. The van der Waals surface area contributed by atoms with Crippen molar-refractivity contribution in [3.63, 3.8) is 0 Å². The molecule has 0 bridgehead atoms. The predicted molar refractivity (Wildman–Crippen MR) is 85.4 cm³/mol. The first kappa shape index (κ1) is 15.7. The number of fused-ring (bicyclic) bond motifs is 1. The molecule has 1 unspecified atom stereocenters. The topological polar surface area (TPSA) is 39.9 Å². The zero-order chi connectivity index (χ0) is 14.7. The zero-order valence-corrected chi connectivity index (χ0v) is 14.3. The van der Waals surface area contributed by atoms with E-state index in [-0.39, 0.29) is 6.04 Å². The smallest absolute Gasteiger partial charge is 0.160 e. The predicted octanol–water partition coefficient (Wildman–Crippen LogP) is 3.82. The molecule has 2 rings (SSSR count). The van der Waals surface area contributed by atoms with E-state index in [4.69, 9.17) is 16.3 Å². The molecule has 0 fully saturated rings. The van der Waals surface area contributed by atoms with Crippen LogP contribution in [0.15, 0.2) is 16.7 Å². The van der Waals surface area contributed by atoms with Gasteiger partial charge in [0.25, 0.3) is 0 Å². The van der Waals surface area contributed by atoms with Gasteiger partial charge in [-0.15, -0.1) is 11.6 Å². The van der Waals surface area contributed by atoms with Crippen molar-refractivity contribution in [1.29, 1.82) is 0 Å². The summed E-state index contributed by atoms with van der Waals surface area (Å²) in [6.07, 6.45) is 2.53. The second kappa shape index (κ2) is 6.87. The highest BCUT2D eigenvalue weighted by Gasteiger charge is 2.22. The number of aromatic nitrogens is 3. The van der Waals surface area contributed by atoms with Crippen LogP contribution in [0.2, 0.25) is 0 Å². The third kappa shape index (κ3) is 3.15. The normalized spacial score (nSPS) is 13.3. The Hall–Kier alpha value is -0.650. The number of nitrogens with zero attached hydrogens (tertiary/aromatic N) is 3. The van der Waals surface area contributed by atoms with E-state index >= 15 is 0 Å². The monoisotopic (exact) mass is 359 g/mol. The average Bonchev–Trinajstić information content (AvgIpc) is 2.73. The molecule has 20 heavy (non-hydrogen) atoms. The fourth-order valence-corrected chi connectivity index (χ4v) is 2.84. The van der Waals surface area contributed by atoms with Crippen molar-refractivity contribution in [2.75, 3.05) is 19.6 Å². The highest BCUT2D eigenvalue weighted by Crippen LogP contribution is 2.27. The first-order valence-electron chi connectivity index (χ1n) is 6.65. The number of imidazole rings is 1. The quantitative estimate of drug-likeness (QED) is 0.735. The Morgan fingerprint density at radius 2 is 2.20 bits per heavy atom. The van der Waals surface area contributed by atoms with Gasteiger partial charge in [0.1, 0.15) is 11.3 Å². The summed E-state index contributed by atoms with van der Waals surface area (Å²) in [5, 5.41) is 0. The van der Waals surface area contributed by atoms with Crippen molar-refractivity contribution in [3.05, 3.63) is 22.6 Å². The first-order valence-corrected chi connectivity index (χ1v) is 7.98. The maximum absolute atomic E-state index is 5.91. The molecule has 0 saturated heterocycles. The summed E-state index contributed by atoms with van der Waals surface area (Å²) in [4.78, 5) is 9.20. The molecule has 2 aromatic rings. The molecule has 2 aromatic heterocycles. The minimum Gasteiger partial charge on any atom is -0.383 e. The largest absolute Gasteiger partial charge is 0.383 e. The van der Waals surface area contributed by atoms with Crippen LogP contribution < -0.4 is 0 Å². The number of methoxy groups -OCH3 is 1. The summed E-state index contributed by atoms with van der Waals surface area (Å²) in [5.74, 6) is 1.94. The highest BCUT2D eigenvalue weighted by atomic mass is 79.9. The Balaban J connectivity index is 2.60. The number of hydrogen-bond acceptors (Lipinski definition) is 3. The van der Waals surface area contributed by atoms with Crippen LogP contribution >= 0.6 is 27.5 Å². The second-order valence-corrected chi connectivity index (χ2v) is 6.39. The van der Waals surface area contributed by atoms with Crippen LogP contribution in [0, 0.1) is 5.92 Å². The summed E-state index contributed by atoms with van der Waals surface area (Å²) >= 11 is 9.35. The molecule has 0 aliphatic rings. The van der Waals surface area contributed by atoms with Gasteiger partial charge in [-0.3, -0.25) is 0 Å². The lowest BCUT2D eigenvalue weighted by atomic mass is 10.0. The molecular formula is C14H19BrClN3O. The van der Waals surface area contributed by atoms with Gasteiger partial charge in [0.05, 0.1) is 12.6 Å². The molecule has 0 aliphatic carbocycles. The molecule has 0 N–H and O–H groups in total. The van der Waals surface area contributed by atoms with Gasteiger partial charge in [0.15, 0.2) is 5.65 Å². The van der Waals surface area contributed by atoms with Gasteiger partial charge in [0, 0.05) is 30.1 Å². The van der Waals surface area contributed by atoms with E-state index in [1.54, 1.807) is 13.3 Å². The van der Waals surface area contributed by atoms with Crippen molar-refractivity contribution in [2.24, 2.45) is 5.92 Å². The van der Waals surface area contributed by atoms with E-state index in [0.29, 0.717) is 18.4 Å². The van der Waals surface area contributed by atoms with Crippen LogP contribution in [0.3, 0.4) is 0 Å². The van der Waals surface area contributed by atoms with Crippen LogP contribution in [0.1, 0.15) is 25.7 Å². The van der Waals surface area contributed by atoms with Crippen molar-refractivity contribution >= 4 is 38.7 Å². The molecule has 0 amide bonds. The van der Waals surface area contributed by atoms with Crippen LogP contribution in [0.4, 0.5) is 0 Å². The third-order valence-electron chi connectivity index (χ3n) is 3.33. The molecule has 2 heterocycles. The number of ether oxygens (including phenoxy) is 1. The van der Waals surface area contributed by atoms with Gasteiger partial charge in [-0.1, -0.05) is 13.8 Å². The van der Waals surface area contributed by atoms with Crippen molar-refractivity contribution in [1.82, 2.24) is 14.5 Å². The molecule has 0 radical (unpaired) electrons. The number of halogens is 2. The lowest BCUT2D eigenvalue weighted by Gasteiger charge is -2.24. The minimum atomic E-state index is 0.205. The Bertz CT molecular complexity index is 585. The van der Waals surface area contributed by atoms with Gasteiger partial charge in [-0.25, -0.2) is 9.97 Å². The van der Waals surface area contributed by atoms with Gasteiger partial charge in [-0.05, 0) is 27.9 Å². The van der Waals surface area contributed by atoms with Crippen LogP contribution in [-0.4, -0.2) is 34.1 Å². The van der Waals surface area contributed by atoms with Crippen molar-refractivity contribution < 1.29 is 4.74 Å². The number of alkyl halides is 1. The summed E-state index contributed by atoms with van der Waals surface area (Å²) in [5.41, 5.74) is 1.78. The van der Waals surface area contributed by atoms with Crippen molar-refractivity contribution in [2.45, 2.75) is 26.3 Å². The standard InChI is InChI=1S/C14H19BrClN3O/c1-9(2)12(8-20-3)19-13(4-5-16)18-11-6-10(15)7-17-14(11)19/h6-7,9,12H,4-5,8H2,1-3H3. The Morgan fingerprint density at radius 1 is 1.45 bits per heavy atom. The minimum absolute atomic E-state index is 0.205. The number of aryl methyl sites for hydroxylation is 1. The molecule has 6 heteroatoms. The summed E-state index contributed by atoms with van der Waals surface area (Å²) in [6.45, 7) is 4.99. The van der Waals surface area contributed by atoms with E-state index in [2.05, 4.69) is 44.3 Å². The van der Waals surface area contributed by atoms with E-state index in [1.165, 1.54) is 0 Å². The van der Waals surface area contributed by atoms with E-state index in [0.717, 1.165) is 27.9 Å². The SMILES string of the molecule is COCC(C(C)C)n1c(CCCl)nc2cc(Br)cnc21. The Labute approximate surface area is 132 Å². The molecule has 0 saturated carbocycles. The van der Waals surface area contributed by atoms with E-state index < -0.39 is 0 Å². The molecular weight excluding hydrogens is 342 g/mol. The van der Waals surface area contributed by atoms with Gasteiger partial charge >= 0.3 is 0 Å². The van der Waals surface area contributed by atoms with Gasteiger partial charge < -0.3 is 9.30 Å². The van der Waals surface area contributed by atoms with Crippen LogP contribution in [-0.2, 0) is 11.2 Å². The molecule has 110 valence electrons. The van der Waals surface area contributed by atoms with E-state index in [1.807, 2.05) is 6.07 Å². The molecule has 0 aliphatic heterocycles. The lowest BCUT2D eigenvalue weighted by molar-refractivity contribution is 0.133. The fourth-order valence-electron chi connectivity index (χ4n) is 2.35. The Kier molecular flexibility index (Phi) is 5.41. The first-order chi connectivity index (χ1) is 9.58. The average molecular weight is 361 g/mol. The van der Waals surface area contributed by atoms with E-state index in [9.17, 15) is 0 Å². The highest BCUT2D eigenvalue weighted by molar-refractivity contribution is 9.10. The number of hydrogen-bond donors (Lipinski definition) is 0. The summed E-state index contributed by atoms with van der Waals surface area (Å²) in [6, 6.07) is 2.19. The zero-order valence-electron chi connectivity index (χ0n) is 11.9. The number of pyridine rings is 1. The molecule has 0 aromatic carbocycles. The summed E-state index contributed by atoms with van der Waals surface area (Å²) in [7, 11) is 1.72. The third-order valence-corrected chi connectivity index (χ3v) is 3.95. The van der Waals surface area contributed by atoms with Crippen LogP contribution in [0.25, 0.3) is 11.2 Å². The van der Waals surface area contributed by atoms with Gasteiger partial charge in [-0.2, -0.15) is 0 Å². The molecule has 4 nitrogen and oxygen atoms in total. The lowest BCUT2D eigenvalue weighted by Crippen LogP contribution is -2.22. The molecule has 0 spiro atoms. The number of rotatable bonds is 6. The fraction of sp³-hybridized carbons (Fsp3) is 0.571. The maximum atomic E-state index is 5.91. The van der Waals surface area contributed by atoms with Crippen molar-refractivity contribution in [3.8, 4) is 0 Å². The maximum Gasteiger partial charge on any atom is 0.160 e. The van der Waals surface area contributed by atoms with Crippen LogP contribution in [0.5, 0.6) is 0 Å².